The van der Waals surface area contributed by atoms with E-state index in [0.29, 0.717) is 11.6 Å². The predicted octanol–water partition coefficient (Wildman–Crippen LogP) is 2.03. The number of halogens is 1. The van der Waals surface area contributed by atoms with Gasteiger partial charge in [-0.1, -0.05) is 0 Å². The van der Waals surface area contributed by atoms with E-state index in [1.165, 1.54) is 12.1 Å². The summed E-state index contributed by atoms with van der Waals surface area (Å²) in [5.74, 6) is 0.137. The maximum atomic E-state index is 14.0. The number of non-ortho nitro benzene ring substituents is 1. The smallest absolute Gasteiger partial charge is 0.272 e. The largest absolute Gasteiger partial charge is 0.324 e. The minimum Gasteiger partial charge on any atom is -0.324 e. The van der Waals surface area contributed by atoms with Gasteiger partial charge in [0.1, 0.15) is 11.6 Å². The van der Waals surface area contributed by atoms with E-state index in [9.17, 15) is 14.5 Å². The SMILES string of the molecule is CC(C)n1c(CN)nnc1-c1ccc([N+](=O)[O-])cc1F. The van der Waals surface area contributed by atoms with Crippen molar-refractivity contribution < 1.29 is 9.31 Å². The Morgan fingerprint density at radius 3 is 2.65 bits per heavy atom. The molecule has 1 aromatic heterocycles. The molecule has 0 fully saturated rings. The molecule has 0 amide bonds. The van der Waals surface area contributed by atoms with Crippen LogP contribution >= 0.6 is 0 Å². The molecule has 1 heterocycles. The van der Waals surface area contributed by atoms with Crippen molar-refractivity contribution in [2.45, 2.75) is 26.4 Å². The van der Waals surface area contributed by atoms with Crippen molar-refractivity contribution in [3.05, 3.63) is 40.0 Å². The van der Waals surface area contributed by atoms with Crippen LogP contribution in [0.4, 0.5) is 10.1 Å². The van der Waals surface area contributed by atoms with Crippen LogP contribution in [0.1, 0.15) is 25.7 Å². The quantitative estimate of drug-likeness (QED) is 0.681. The van der Waals surface area contributed by atoms with Gasteiger partial charge in [-0.2, -0.15) is 0 Å². The number of nitro groups is 1. The molecule has 0 unspecified atom stereocenters. The lowest BCUT2D eigenvalue weighted by molar-refractivity contribution is -0.385. The molecule has 0 saturated carbocycles. The van der Waals surface area contributed by atoms with Crippen LogP contribution in [0, 0.1) is 15.9 Å². The molecule has 0 radical (unpaired) electrons. The first-order valence-corrected chi connectivity index (χ1v) is 6.03. The molecule has 0 aliphatic carbocycles. The van der Waals surface area contributed by atoms with Crippen LogP contribution in [0.3, 0.4) is 0 Å². The Balaban J connectivity index is 2.57. The Hall–Kier alpha value is -2.35. The van der Waals surface area contributed by atoms with Gasteiger partial charge in [0, 0.05) is 12.1 Å². The van der Waals surface area contributed by atoms with Gasteiger partial charge in [-0.3, -0.25) is 10.1 Å². The minimum absolute atomic E-state index is 0.00635. The zero-order valence-corrected chi connectivity index (χ0v) is 11.1. The molecule has 106 valence electrons. The average molecular weight is 279 g/mol. The van der Waals surface area contributed by atoms with Crippen LogP contribution in [0.2, 0.25) is 0 Å². The third-order valence-electron chi connectivity index (χ3n) is 2.87. The van der Waals surface area contributed by atoms with Crippen molar-refractivity contribution in [1.29, 1.82) is 0 Å². The summed E-state index contributed by atoms with van der Waals surface area (Å²) in [4.78, 5) is 9.97. The van der Waals surface area contributed by atoms with Gasteiger partial charge in [0.25, 0.3) is 5.69 Å². The Morgan fingerprint density at radius 1 is 1.45 bits per heavy atom. The summed E-state index contributed by atoms with van der Waals surface area (Å²) in [6, 6.07) is 3.43. The minimum atomic E-state index is -0.711. The average Bonchev–Trinajstić information content (AvgIpc) is 2.82. The first-order chi connectivity index (χ1) is 9.45. The van der Waals surface area contributed by atoms with Gasteiger partial charge in [-0.15, -0.1) is 10.2 Å². The first-order valence-electron chi connectivity index (χ1n) is 6.03. The molecule has 0 spiro atoms. The van der Waals surface area contributed by atoms with Gasteiger partial charge >= 0.3 is 0 Å². The van der Waals surface area contributed by atoms with E-state index >= 15 is 0 Å². The molecule has 1 aromatic carbocycles. The van der Waals surface area contributed by atoms with E-state index in [-0.39, 0.29) is 23.8 Å². The number of aromatic nitrogens is 3. The lowest BCUT2D eigenvalue weighted by Crippen LogP contribution is -2.12. The third kappa shape index (κ3) is 2.37. The zero-order valence-electron chi connectivity index (χ0n) is 11.1. The van der Waals surface area contributed by atoms with E-state index in [2.05, 4.69) is 10.2 Å². The topological polar surface area (TPSA) is 99.9 Å². The van der Waals surface area contributed by atoms with Crippen molar-refractivity contribution in [1.82, 2.24) is 14.8 Å². The van der Waals surface area contributed by atoms with Crippen molar-refractivity contribution in [2.75, 3.05) is 0 Å². The monoisotopic (exact) mass is 279 g/mol. The van der Waals surface area contributed by atoms with Gasteiger partial charge < -0.3 is 10.3 Å². The molecule has 8 heteroatoms. The van der Waals surface area contributed by atoms with Crippen molar-refractivity contribution in [2.24, 2.45) is 5.73 Å². The maximum absolute atomic E-state index is 14.0. The molecule has 20 heavy (non-hydrogen) atoms. The van der Waals surface area contributed by atoms with E-state index in [0.717, 1.165) is 6.07 Å². The van der Waals surface area contributed by atoms with Crippen LogP contribution in [0.15, 0.2) is 18.2 Å². The number of hydrogen-bond donors (Lipinski definition) is 1. The molecule has 2 rings (SSSR count). The molecule has 0 aliphatic rings. The summed E-state index contributed by atoms with van der Waals surface area (Å²) in [6.07, 6.45) is 0. The summed E-state index contributed by atoms with van der Waals surface area (Å²) in [5, 5.41) is 18.5. The van der Waals surface area contributed by atoms with Crippen LogP contribution in [0.25, 0.3) is 11.4 Å². The number of nitro benzene ring substituents is 1. The molecule has 2 N–H and O–H groups in total. The van der Waals surface area contributed by atoms with Crippen LogP contribution in [-0.2, 0) is 6.54 Å². The fourth-order valence-electron chi connectivity index (χ4n) is 1.99. The Bertz CT molecular complexity index is 653. The lowest BCUT2D eigenvalue weighted by atomic mass is 10.1. The highest BCUT2D eigenvalue weighted by Gasteiger charge is 2.20. The van der Waals surface area contributed by atoms with E-state index in [4.69, 9.17) is 5.73 Å². The van der Waals surface area contributed by atoms with Crippen LogP contribution in [0.5, 0.6) is 0 Å². The summed E-state index contributed by atoms with van der Waals surface area (Å²) >= 11 is 0. The number of hydrogen-bond acceptors (Lipinski definition) is 5. The number of rotatable bonds is 4. The predicted molar refractivity (Wildman–Crippen MR) is 70.3 cm³/mol. The molecule has 0 saturated heterocycles. The Kier molecular flexibility index (Phi) is 3.75. The van der Waals surface area contributed by atoms with Gasteiger partial charge in [0.05, 0.1) is 23.1 Å². The third-order valence-corrected chi connectivity index (χ3v) is 2.87. The second kappa shape index (κ2) is 5.33. The zero-order chi connectivity index (χ0) is 14.9. The summed E-state index contributed by atoms with van der Waals surface area (Å²) in [6.45, 7) is 3.98. The molecule has 0 aliphatic heterocycles. The fraction of sp³-hybridized carbons (Fsp3) is 0.333. The van der Waals surface area contributed by atoms with Crippen LogP contribution < -0.4 is 5.73 Å². The number of benzene rings is 1. The highest BCUT2D eigenvalue weighted by molar-refractivity contribution is 5.59. The second-order valence-electron chi connectivity index (χ2n) is 4.53. The van der Waals surface area contributed by atoms with E-state index in [1.807, 2.05) is 13.8 Å². The molecule has 2 aromatic rings. The normalized spacial score (nSPS) is 11.1. The van der Waals surface area contributed by atoms with E-state index < -0.39 is 10.7 Å². The van der Waals surface area contributed by atoms with E-state index in [1.54, 1.807) is 4.57 Å². The van der Waals surface area contributed by atoms with Crippen LogP contribution in [-0.4, -0.2) is 19.7 Å². The van der Waals surface area contributed by atoms with Crippen molar-refractivity contribution >= 4 is 5.69 Å². The van der Waals surface area contributed by atoms with Gasteiger partial charge in [-0.25, -0.2) is 4.39 Å². The van der Waals surface area contributed by atoms with Gasteiger partial charge in [-0.05, 0) is 19.9 Å². The summed E-state index contributed by atoms with van der Waals surface area (Å²) in [7, 11) is 0. The molecule has 0 bridgehead atoms. The summed E-state index contributed by atoms with van der Waals surface area (Å²) < 4.78 is 15.7. The molecular formula is C12H14FN5O2. The Labute approximate surface area is 114 Å². The maximum Gasteiger partial charge on any atom is 0.272 e. The number of nitrogens with two attached hydrogens (primary N) is 1. The highest BCUT2D eigenvalue weighted by Crippen LogP contribution is 2.27. The molecule has 0 atom stereocenters. The Morgan fingerprint density at radius 2 is 2.15 bits per heavy atom. The lowest BCUT2D eigenvalue weighted by Gasteiger charge is -2.13. The standard InChI is InChI=1S/C12H14FN5O2/c1-7(2)17-11(6-14)15-16-12(17)9-4-3-8(18(19)20)5-10(9)13/h3-5,7H,6,14H2,1-2H3. The van der Waals surface area contributed by atoms with Crippen molar-refractivity contribution in [3.8, 4) is 11.4 Å². The molecule has 7 nitrogen and oxygen atoms in total. The van der Waals surface area contributed by atoms with Gasteiger partial charge in [0.2, 0.25) is 0 Å². The fourth-order valence-corrected chi connectivity index (χ4v) is 1.99. The highest BCUT2D eigenvalue weighted by atomic mass is 19.1. The first kappa shape index (κ1) is 14.1. The summed E-state index contributed by atoms with van der Waals surface area (Å²) in [5.41, 5.74) is 5.43. The number of nitrogens with zero attached hydrogens (tertiary/aromatic N) is 4. The van der Waals surface area contributed by atoms with Crippen molar-refractivity contribution in [3.63, 3.8) is 0 Å². The van der Waals surface area contributed by atoms with Gasteiger partial charge in [0.15, 0.2) is 5.82 Å². The second-order valence-corrected chi connectivity index (χ2v) is 4.53. The molecular weight excluding hydrogens is 265 g/mol.